The zero-order valence-electron chi connectivity index (χ0n) is 11.8. The molecule has 108 valence electrons. The van der Waals surface area contributed by atoms with Crippen molar-refractivity contribution in [3.05, 3.63) is 52.3 Å². The quantitative estimate of drug-likeness (QED) is 0.851. The second kappa shape index (κ2) is 7.02. The fraction of sp³-hybridized carbons (Fsp3) is 0.400. The van der Waals surface area contributed by atoms with E-state index in [4.69, 9.17) is 0 Å². The highest BCUT2D eigenvalue weighted by Gasteiger charge is 2.14. The average molecular weight is 338 g/mol. The van der Waals surface area contributed by atoms with Gasteiger partial charge < -0.3 is 10.4 Å². The molecule has 2 N–H and O–H groups in total. The number of hydrogen-bond donors (Lipinski definition) is 2. The lowest BCUT2D eigenvalue weighted by atomic mass is 10.0. The summed E-state index contributed by atoms with van der Waals surface area (Å²) in [5, 5.41) is 17.0. The Morgan fingerprint density at radius 3 is 2.80 bits per heavy atom. The Morgan fingerprint density at radius 2 is 2.20 bits per heavy atom. The van der Waals surface area contributed by atoms with E-state index < -0.39 is 0 Å². The second-order valence-corrected chi connectivity index (χ2v) is 5.96. The van der Waals surface area contributed by atoms with Crippen molar-refractivity contribution in [2.24, 2.45) is 7.05 Å². The molecule has 0 spiro atoms. The number of benzene rings is 1. The standard InChI is InChI=1S/C15H20BrN3O/c1-11(12-4-3-5-14(16)6-12)7-17-15(10-20)13-8-18-19(2)9-13/h3-6,8-9,11,15,17,20H,7,10H2,1-2H3/t11-,15-/m0/s1. The van der Waals surface area contributed by atoms with Crippen molar-refractivity contribution in [1.82, 2.24) is 15.1 Å². The second-order valence-electron chi connectivity index (χ2n) is 5.05. The maximum Gasteiger partial charge on any atom is 0.0627 e. The minimum absolute atomic E-state index is 0.0664. The molecule has 2 atom stereocenters. The number of nitrogens with zero attached hydrogens (tertiary/aromatic N) is 2. The van der Waals surface area contributed by atoms with Gasteiger partial charge in [0.2, 0.25) is 0 Å². The first-order valence-corrected chi connectivity index (χ1v) is 7.47. The minimum Gasteiger partial charge on any atom is -0.394 e. The van der Waals surface area contributed by atoms with Crippen molar-refractivity contribution in [3.8, 4) is 0 Å². The number of nitrogens with one attached hydrogen (secondary N) is 1. The summed E-state index contributed by atoms with van der Waals surface area (Å²) >= 11 is 3.49. The van der Waals surface area contributed by atoms with Gasteiger partial charge in [0.05, 0.1) is 18.8 Å². The number of aliphatic hydroxyl groups excluding tert-OH is 1. The molecule has 1 heterocycles. The van der Waals surface area contributed by atoms with E-state index in [1.807, 2.05) is 25.4 Å². The summed E-state index contributed by atoms with van der Waals surface area (Å²) in [7, 11) is 1.88. The molecule has 5 heteroatoms. The molecule has 0 saturated heterocycles. The van der Waals surface area contributed by atoms with Gasteiger partial charge in [-0.3, -0.25) is 4.68 Å². The van der Waals surface area contributed by atoms with Crippen LogP contribution in [0.3, 0.4) is 0 Å². The molecule has 0 saturated carbocycles. The van der Waals surface area contributed by atoms with Gasteiger partial charge in [0.15, 0.2) is 0 Å². The van der Waals surface area contributed by atoms with Crippen LogP contribution in [0.1, 0.15) is 30.0 Å². The summed E-state index contributed by atoms with van der Waals surface area (Å²) in [4.78, 5) is 0. The third kappa shape index (κ3) is 3.91. The Bertz CT molecular complexity index is 556. The lowest BCUT2D eigenvalue weighted by molar-refractivity contribution is 0.243. The van der Waals surface area contributed by atoms with E-state index in [1.54, 1.807) is 10.9 Å². The van der Waals surface area contributed by atoms with Gasteiger partial charge in [-0.2, -0.15) is 5.10 Å². The Hall–Kier alpha value is -1.17. The number of aliphatic hydroxyl groups is 1. The number of aryl methyl sites for hydroxylation is 1. The molecule has 0 radical (unpaired) electrons. The molecule has 1 aromatic heterocycles. The van der Waals surface area contributed by atoms with Crippen molar-refractivity contribution < 1.29 is 5.11 Å². The van der Waals surface area contributed by atoms with Crippen LogP contribution < -0.4 is 5.32 Å². The van der Waals surface area contributed by atoms with Gasteiger partial charge in [-0.05, 0) is 23.6 Å². The lowest BCUT2D eigenvalue weighted by Crippen LogP contribution is -2.27. The first kappa shape index (κ1) is 15.2. The Morgan fingerprint density at radius 1 is 1.40 bits per heavy atom. The van der Waals surface area contributed by atoms with Crippen LogP contribution in [0.2, 0.25) is 0 Å². The highest BCUT2D eigenvalue weighted by atomic mass is 79.9. The highest BCUT2D eigenvalue weighted by Crippen LogP contribution is 2.20. The largest absolute Gasteiger partial charge is 0.394 e. The fourth-order valence-electron chi connectivity index (χ4n) is 2.16. The molecule has 2 aromatic rings. The lowest BCUT2D eigenvalue weighted by Gasteiger charge is -2.19. The number of hydrogen-bond acceptors (Lipinski definition) is 3. The smallest absolute Gasteiger partial charge is 0.0627 e. The van der Waals surface area contributed by atoms with E-state index in [-0.39, 0.29) is 12.6 Å². The van der Waals surface area contributed by atoms with E-state index in [1.165, 1.54) is 5.56 Å². The maximum absolute atomic E-state index is 9.51. The predicted octanol–water partition coefficient (Wildman–Crippen LogP) is 2.61. The summed E-state index contributed by atoms with van der Waals surface area (Å²) in [5.74, 6) is 0.373. The summed E-state index contributed by atoms with van der Waals surface area (Å²) in [6.45, 7) is 3.04. The molecule has 20 heavy (non-hydrogen) atoms. The Kier molecular flexibility index (Phi) is 5.34. The maximum atomic E-state index is 9.51. The van der Waals surface area contributed by atoms with E-state index in [0.717, 1.165) is 16.6 Å². The zero-order chi connectivity index (χ0) is 14.5. The van der Waals surface area contributed by atoms with Gasteiger partial charge >= 0.3 is 0 Å². The van der Waals surface area contributed by atoms with Gasteiger partial charge in [-0.25, -0.2) is 0 Å². The van der Waals surface area contributed by atoms with Gasteiger partial charge in [-0.1, -0.05) is 35.0 Å². The molecule has 1 aromatic carbocycles. The molecule has 2 rings (SSSR count). The normalized spacial score (nSPS) is 14.2. The predicted molar refractivity (Wildman–Crippen MR) is 83.6 cm³/mol. The summed E-state index contributed by atoms with van der Waals surface area (Å²) in [6, 6.07) is 8.24. The van der Waals surface area contributed by atoms with Crippen LogP contribution >= 0.6 is 15.9 Å². The van der Waals surface area contributed by atoms with Crippen molar-refractivity contribution in [2.75, 3.05) is 13.2 Å². The SMILES string of the molecule is C[C@@H](CN[C@@H](CO)c1cnn(C)c1)c1cccc(Br)c1. The van der Waals surface area contributed by atoms with Crippen LogP contribution in [0.5, 0.6) is 0 Å². The topological polar surface area (TPSA) is 50.1 Å². The molecule has 4 nitrogen and oxygen atoms in total. The molecular weight excluding hydrogens is 318 g/mol. The van der Waals surface area contributed by atoms with Gasteiger partial charge in [0.25, 0.3) is 0 Å². The number of rotatable bonds is 6. The molecule has 0 amide bonds. The summed E-state index contributed by atoms with van der Waals surface area (Å²) in [5.41, 5.74) is 2.28. The first-order chi connectivity index (χ1) is 9.60. The summed E-state index contributed by atoms with van der Waals surface area (Å²) in [6.07, 6.45) is 3.72. The Balaban J connectivity index is 1.96. The van der Waals surface area contributed by atoms with Gasteiger partial charge in [-0.15, -0.1) is 0 Å². The third-order valence-electron chi connectivity index (χ3n) is 3.40. The zero-order valence-corrected chi connectivity index (χ0v) is 13.3. The third-order valence-corrected chi connectivity index (χ3v) is 3.89. The van der Waals surface area contributed by atoms with Gasteiger partial charge in [0.1, 0.15) is 0 Å². The van der Waals surface area contributed by atoms with Gasteiger partial charge in [0, 0.05) is 29.8 Å². The van der Waals surface area contributed by atoms with Crippen molar-refractivity contribution in [1.29, 1.82) is 0 Å². The highest BCUT2D eigenvalue weighted by molar-refractivity contribution is 9.10. The van der Waals surface area contributed by atoms with E-state index in [2.05, 4.69) is 45.4 Å². The van der Waals surface area contributed by atoms with E-state index in [0.29, 0.717) is 5.92 Å². The van der Waals surface area contributed by atoms with E-state index in [9.17, 15) is 5.11 Å². The van der Waals surface area contributed by atoms with E-state index >= 15 is 0 Å². The summed E-state index contributed by atoms with van der Waals surface area (Å²) < 4.78 is 2.84. The molecule has 0 bridgehead atoms. The molecule has 0 aliphatic rings. The monoisotopic (exact) mass is 337 g/mol. The molecule has 0 aliphatic carbocycles. The molecular formula is C15H20BrN3O. The fourth-order valence-corrected chi connectivity index (χ4v) is 2.57. The molecule has 0 unspecified atom stereocenters. The molecule has 0 fully saturated rings. The minimum atomic E-state index is -0.0710. The number of aromatic nitrogens is 2. The van der Waals surface area contributed by atoms with Crippen LogP contribution in [-0.4, -0.2) is 28.0 Å². The van der Waals surface area contributed by atoms with Crippen molar-refractivity contribution in [3.63, 3.8) is 0 Å². The first-order valence-electron chi connectivity index (χ1n) is 6.68. The van der Waals surface area contributed by atoms with Crippen LogP contribution in [0.4, 0.5) is 0 Å². The number of halogens is 1. The van der Waals surface area contributed by atoms with Crippen LogP contribution in [-0.2, 0) is 7.05 Å². The Labute approximate surface area is 127 Å². The molecule has 0 aliphatic heterocycles. The van der Waals surface area contributed by atoms with Crippen LogP contribution in [0, 0.1) is 0 Å². The van der Waals surface area contributed by atoms with Crippen LogP contribution in [0.25, 0.3) is 0 Å². The van der Waals surface area contributed by atoms with Crippen LogP contribution in [0.15, 0.2) is 41.1 Å². The average Bonchev–Trinajstić information content (AvgIpc) is 2.86. The van der Waals surface area contributed by atoms with Crippen molar-refractivity contribution in [2.45, 2.75) is 18.9 Å². The van der Waals surface area contributed by atoms with Crippen molar-refractivity contribution >= 4 is 15.9 Å².